The number of aliphatic hydroxyl groups is 3. The molecule has 0 bridgehead atoms. The van der Waals surface area contributed by atoms with E-state index in [4.69, 9.17) is 4.74 Å². The first-order valence-electron chi connectivity index (χ1n) is 9.65. The average molecular weight is 346 g/mol. The number of aryl methyl sites for hydroxylation is 1. The van der Waals surface area contributed by atoms with E-state index in [2.05, 4.69) is 25.1 Å². The smallest absolute Gasteiger partial charge is 0.119 e. The Balaban J connectivity index is 1.69. The molecule has 1 aromatic rings. The fourth-order valence-corrected chi connectivity index (χ4v) is 5.96. The molecule has 1 aromatic carbocycles. The second-order valence-corrected chi connectivity index (χ2v) is 8.65. The van der Waals surface area contributed by atoms with E-state index in [9.17, 15) is 15.3 Å². The van der Waals surface area contributed by atoms with Crippen molar-refractivity contribution >= 4 is 0 Å². The van der Waals surface area contributed by atoms with Gasteiger partial charge in [0.2, 0.25) is 0 Å². The van der Waals surface area contributed by atoms with Crippen LogP contribution in [-0.2, 0) is 6.42 Å². The molecular weight excluding hydrogens is 316 g/mol. The Morgan fingerprint density at radius 1 is 1.08 bits per heavy atom. The van der Waals surface area contributed by atoms with E-state index in [1.54, 1.807) is 7.11 Å². The molecule has 4 rings (SSSR count). The zero-order chi connectivity index (χ0) is 17.8. The molecule has 0 amide bonds. The molecule has 0 aliphatic heterocycles. The van der Waals surface area contributed by atoms with Crippen LogP contribution in [0.4, 0.5) is 0 Å². The van der Waals surface area contributed by atoms with Crippen LogP contribution in [0, 0.1) is 17.3 Å². The summed E-state index contributed by atoms with van der Waals surface area (Å²) in [4.78, 5) is 0. The van der Waals surface area contributed by atoms with Gasteiger partial charge in [0.25, 0.3) is 0 Å². The summed E-state index contributed by atoms with van der Waals surface area (Å²) in [6, 6.07) is 6.43. The third kappa shape index (κ3) is 2.70. The van der Waals surface area contributed by atoms with E-state index < -0.39 is 18.3 Å². The van der Waals surface area contributed by atoms with Gasteiger partial charge in [0.15, 0.2) is 0 Å². The number of hydrogen-bond acceptors (Lipinski definition) is 4. The monoisotopic (exact) mass is 346 g/mol. The van der Waals surface area contributed by atoms with Crippen molar-refractivity contribution in [3.63, 3.8) is 0 Å². The lowest BCUT2D eigenvalue weighted by Crippen LogP contribution is -2.48. The number of benzene rings is 1. The first-order valence-corrected chi connectivity index (χ1v) is 9.65. The molecule has 3 N–H and O–H groups in total. The molecule has 2 fully saturated rings. The zero-order valence-corrected chi connectivity index (χ0v) is 15.2. The highest BCUT2D eigenvalue weighted by molar-refractivity contribution is 5.40. The molecule has 0 aromatic heterocycles. The maximum atomic E-state index is 10.8. The Kier molecular flexibility index (Phi) is 4.33. The number of hydrogen-bond donors (Lipinski definition) is 3. The van der Waals surface area contributed by atoms with E-state index in [0.717, 1.165) is 31.4 Å². The normalized spacial score (nSPS) is 43.4. The van der Waals surface area contributed by atoms with Crippen molar-refractivity contribution in [3.8, 4) is 5.75 Å². The van der Waals surface area contributed by atoms with Crippen LogP contribution >= 0.6 is 0 Å². The Bertz CT molecular complexity index is 645. The van der Waals surface area contributed by atoms with E-state index in [1.165, 1.54) is 11.1 Å². The van der Waals surface area contributed by atoms with Gasteiger partial charge in [0.05, 0.1) is 25.4 Å². The van der Waals surface area contributed by atoms with Crippen molar-refractivity contribution in [1.82, 2.24) is 0 Å². The quantitative estimate of drug-likeness (QED) is 0.731. The maximum absolute atomic E-state index is 10.8. The number of methoxy groups -OCH3 is 1. The van der Waals surface area contributed by atoms with E-state index >= 15 is 0 Å². The van der Waals surface area contributed by atoms with Crippen LogP contribution in [0.25, 0.3) is 0 Å². The fraction of sp³-hybridized carbons (Fsp3) is 0.714. The molecule has 4 nitrogen and oxygen atoms in total. The molecule has 138 valence electrons. The Labute approximate surface area is 149 Å². The number of rotatable bonds is 1. The molecule has 7 atom stereocenters. The molecule has 2 saturated carbocycles. The van der Waals surface area contributed by atoms with Gasteiger partial charge in [0, 0.05) is 6.42 Å². The van der Waals surface area contributed by atoms with Crippen LogP contribution in [0.2, 0.25) is 0 Å². The van der Waals surface area contributed by atoms with Crippen molar-refractivity contribution in [3.05, 3.63) is 29.3 Å². The summed E-state index contributed by atoms with van der Waals surface area (Å²) in [5, 5.41) is 31.4. The zero-order valence-electron chi connectivity index (χ0n) is 15.2. The SMILES string of the molecule is COc1ccc2c(c1)CC[C@@H]1[C@@H]2CC[C@]2(C)[C@@H](O)C[C@H](O)[C@H](O)C[C@@H]12. The summed E-state index contributed by atoms with van der Waals surface area (Å²) in [5.41, 5.74) is 2.61. The predicted octanol–water partition coefficient (Wildman–Crippen LogP) is 2.63. The van der Waals surface area contributed by atoms with Gasteiger partial charge in [0.1, 0.15) is 5.75 Å². The lowest BCUT2D eigenvalue weighted by molar-refractivity contribution is -0.0702. The molecule has 0 radical (unpaired) electrons. The molecule has 3 aliphatic carbocycles. The average Bonchev–Trinajstić information content (AvgIpc) is 2.70. The maximum Gasteiger partial charge on any atom is 0.119 e. The van der Waals surface area contributed by atoms with Gasteiger partial charge in [-0.3, -0.25) is 0 Å². The first-order chi connectivity index (χ1) is 11.9. The number of ether oxygens (including phenoxy) is 1. The van der Waals surface area contributed by atoms with Gasteiger partial charge in [-0.2, -0.15) is 0 Å². The summed E-state index contributed by atoms with van der Waals surface area (Å²) in [6.45, 7) is 2.17. The van der Waals surface area contributed by atoms with Crippen LogP contribution < -0.4 is 4.74 Å². The number of fused-ring (bicyclic) bond motifs is 5. The Hall–Kier alpha value is -1.10. The molecule has 0 unspecified atom stereocenters. The molecule has 3 aliphatic rings. The minimum Gasteiger partial charge on any atom is -0.497 e. The van der Waals surface area contributed by atoms with Crippen molar-refractivity contribution < 1.29 is 20.1 Å². The Morgan fingerprint density at radius 3 is 2.60 bits per heavy atom. The van der Waals surface area contributed by atoms with Crippen molar-refractivity contribution in [2.24, 2.45) is 17.3 Å². The molecule has 25 heavy (non-hydrogen) atoms. The molecule has 4 heteroatoms. The van der Waals surface area contributed by atoms with Crippen LogP contribution in [0.15, 0.2) is 18.2 Å². The topological polar surface area (TPSA) is 69.9 Å². The minimum absolute atomic E-state index is 0.205. The van der Waals surface area contributed by atoms with E-state index in [-0.39, 0.29) is 11.3 Å². The van der Waals surface area contributed by atoms with Crippen LogP contribution in [0.5, 0.6) is 5.75 Å². The van der Waals surface area contributed by atoms with E-state index in [1.807, 2.05) is 0 Å². The lowest BCUT2D eigenvalue weighted by Gasteiger charge is -2.53. The predicted molar refractivity (Wildman–Crippen MR) is 95.6 cm³/mol. The minimum atomic E-state index is -0.809. The van der Waals surface area contributed by atoms with Crippen LogP contribution in [-0.4, -0.2) is 40.7 Å². The van der Waals surface area contributed by atoms with Gasteiger partial charge in [-0.1, -0.05) is 13.0 Å². The van der Waals surface area contributed by atoms with Crippen LogP contribution in [0.3, 0.4) is 0 Å². The van der Waals surface area contributed by atoms with Crippen LogP contribution in [0.1, 0.15) is 56.1 Å². The summed E-state index contributed by atoms with van der Waals surface area (Å²) >= 11 is 0. The third-order valence-electron chi connectivity index (χ3n) is 7.54. The standard InChI is InChI=1S/C21H30O4/c1-21-8-7-15-14-6-4-13(25-2)9-12(14)3-5-16(15)17(21)10-18(22)19(23)11-20(21)24/h4,6,9,15-20,22-24H,3,5,7-8,10-11H2,1-2H3/t15-,16-,17+,18-,19+,20+,21+/m1/s1. The third-order valence-corrected chi connectivity index (χ3v) is 7.54. The van der Waals surface area contributed by atoms with E-state index in [0.29, 0.717) is 24.7 Å². The second kappa shape index (κ2) is 6.26. The first kappa shape index (κ1) is 17.3. The summed E-state index contributed by atoms with van der Waals surface area (Å²) in [7, 11) is 1.71. The highest BCUT2D eigenvalue weighted by Crippen LogP contribution is 2.58. The highest BCUT2D eigenvalue weighted by Gasteiger charge is 2.54. The lowest BCUT2D eigenvalue weighted by atomic mass is 9.52. The summed E-state index contributed by atoms with van der Waals surface area (Å²) in [5.74, 6) is 2.13. The van der Waals surface area contributed by atoms with Gasteiger partial charge < -0.3 is 20.1 Å². The number of aliphatic hydroxyl groups excluding tert-OH is 3. The summed E-state index contributed by atoms with van der Waals surface area (Å²) in [6.07, 6.45) is 2.94. The highest BCUT2D eigenvalue weighted by atomic mass is 16.5. The van der Waals surface area contributed by atoms with Crippen molar-refractivity contribution in [2.75, 3.05) is 7.11 Å². The largest absolute Gasteiger partial charge is 0.497 e. The fourth-order valence-electron chi connectivity index (χ4n) is 5.96. The molecule has 0 saturated heterocycles. The Morgan fingerprint density at radius 2 is 1.84 bits per heavy atom. The van der Waals surface area contributed by atoms with Gasteiger partial charge >= 0.3 is 0 Å². The summed E-state index contributed by atoms with van der Waals surface area (Å²) < 4.78 is 5.38. The molecule has 0 spiro atoms. The second-order valence-electron chi connectivity index (χ2n) is 8.65. The van der Waals surface area contributed by atoms with Gasteiger partial charge in [-0.15, -0.1) is 0 Å². The molecule has 0 heterocycles. The van der Waals surface area contributed by atoms with Gasteiger partial charge in [-0.25, -0.2) is 0 Å². The van der Waals surface area contributed by atoms with Crippen molar-refractivity contribution in [1.29, 1.82) is 0 Å². The van der Waals surface area contributed by atoms with Gasteiger partial charge in [-0.05, 0) is 78.5 Å². The molecular formula is C21H30O4. The van der Waals surface area contributed by atoms with Crippen molar-refractivity contribution in [2.45, 2.75) is 69.7 Å².